The number of hydrogen-bond acceptors (Lipinski definition) is 4. The van der Waals surface area contributed by atoms with Gasteiger partial charge >= 0.3 is 0 Å². The van der Waals surface area contributed by atoms with Gasteiger partial charge in [-0.15, -0.1) is 0 Å². The number of para-hydroxylation sites is 3. The number of nitrogens with zero attached hydrogens (tertiary/aromatic N) is 2. The molecule has 0 bridgehead atoms. The number of benzene rings is 7. The van der Waals surface area contributed by atoms with Crippen molar-refractivity contribution in [1.29, 1.82) is 0 Å². The van der Waals surface area contributed by atoms with Crippen LogP contribution in [-0.4, -0.2) is 10.4 Å². The lowest BCUT2D eigenvalue weighted by molar-refractivity contribution is 0.409. The summed E-state index contributed by atoms with van der Waals surface area (Å²) in [6, 6.07) is 59.8. The van der Waals surface area contributed by atoms with Crippen LogP contribution in [0.3, 0.4) is 0 Å². The van der Waals surface area contributed by atoms with Crippen LogP contribution in [0.1, 0.15) is 29.0 Å². The molecule has 0 saturated heterocycles. The van der Waals surface area contributed by atoms with Gasteiger partial charge in [-0.1, -0.05) is 121 Å². The van der Waals surface area contributed by atoms with Crippen LogP contribution in [0.25, 0.3) is 60.6 Å². The van der Waals surface area contributed by atoms with E-state index in [0.717, 1.165) is 55.7 Å². The van der Waals surface area contributed by atoms with Crippen LogP contribution in [-0.2, 0) is 0 Å². The minimum atomic E-state index is -0.216. The lowest BCUT2D eigenvalue weighted by Crippen LogP contribution is -2.45. The molecule has 1 aliphatic rings. The summed E-state index contributed by atoms with van der Waals surface area (Å²) in [5.74, 6) is 0.802. The predicted octanol–water partition coefficient (Wildman–Crippen LogP) is 10.7. The van der Waals surface area contributed by atoms with E-state index in [-0.39, 0.29) is 12.3 Å². The standard InChI is InChI=1S/C45H32N4O/c1-4-13-29(14-5-1)43-46-44(30-15-6-2-7-16-30)48-45(47-43)36-21-12-20-35-38-28-32(24-26-41(38)50-42(35)36)31-23-25-40-37(27-31)34-19-10-11-22-39(34)49(40)33-17-8-3-9-18-33/h1-28,43-44,46H,(H,47,48). The summed E-state index contributed by atoms with van der Waals surface area (Å²) >= 11 is 0. The van der Waals surface area contributed by atoms with E-state index >= 15 is 0 Å². The minimum Gasteiger partial charge on any atom is -0.455 e. The molecule has 0 aliphatic carbocycles. The molecule has 7 aromatic carbocycles. The van der Waals surface area contributed by atoms with Crippen molar-refractivity contribution < 1.29 is 4.42 Å². The molecular weight excluding hydrogens is 613 g/mol. The second-order valence-corrected chi connectivity index (χ2v) is 12.9. The van der Waals surface area contributed by atoms with Crippen molar-refractivity contribution in [2.24, 2.45) is 4.99 Å². The molecule has 238 valence electrons. The first-order valence-corrected chi connectivity index (χ1v) is 17.0. The van der Waals surface area contributed by atoms with Gasteiger partial charge in [0.25, 0.3) is 0 Å². The number of fused-ring (bicyclic) bond motifs is 6. The maximum atomic E-state index is 6.65. The van der Waals surface area contributed by atoms with Gasteiger partial charge in [0.15, 0.2) is 0 Å². The number of hydrogen-bond donors (Lipinski definition) is 2. The Labute approximate surface area is 289 Å². The first kappa shape index (κ1) is 28.6. The van der Waals surface area contributed by atoms with E-state index in [1.54, 1.807) is 0 Å². The molecule has 0 amide bonds. The summed E-state index contributed by atoms with van der Waals surface area (Å²) in [5, 5.41) is 12.0. The molecule has 5 nitrogen and oxygen atoms in total. The first-order chi connectivity index (χ1) is 24.8. The highest BCUT2D eigenvalue weighted by Crippen LogP contribution is 2.38. The summed E-state index contributed by atoms with van der Waals surface area (Å²) in [6.45, 7) is 0. The summed E-state index contributed by atoms with van der Waals surface area (Å²) in [6.07, 6.45) is -0.338. The van der Waals surface area contributed by atoms with Gasteiger partial charge in [0.1, 0.15) is 29.3 Å². The van der Waals surface area contributed by atoms with Crippen LogP contribution < -0.4 is 10.6 Å². The van der Waals surface area contributed by atoms with Gasteiger partial charge in [0.05, 0.1) is 16.6 Å². The molecule has 10 rings (SSSR count). The van der Waals surface area contributed by atoms with Crippen LogP contribution in [0.4, 0.5) is 0 Å². The number of aromatic nitrogens is 1. The van der Waals surface area contributed by atoms with Gasteiger partial charge in [-0.05, 0) is 70.8 Å². The predicted molar refractivity (Wildman–Crippen MR) is 205 cm³/mol. The van der Waals surface area contributed by atoms with Gasteiger partial charge in [-0.3, -0.25) is 5.32 Å². The fourth-order valence-corrected chi connectivity index (χ4v) is 7.49. The highest BCUT2D eigenvalue weighted by Gasteiger charge is 2.27. The summed E-state index contributed by atoms with van der Waals surface area (Å²) in [5.41, 5.74) is 10.7. The molecular formula is C45H32N4O. The molecule has 5 heteroatoms. The second kappa shape index (κ2) is 11.6. The third-order valence-corrected chi connectivity index (χ3v) is 9.88. The van der Waals surface area contributed by atoms with E-state index in [2.05, 4.69) is 173 Å². The first-order valence-electron chi connectivity index (χ1n) is 17.0. The topological polar surface area (TPSA) is 54.5 Å². The highest BCUT2D eigenvalue weighted by molar-refractivity contribution is 6.16. The van der Waals surface area contributed by atoms with E-state index in [9.17, 15) is 0 Å². The molecule has 2 N–H and O–H groups in total. The Morgan fingerprint density at radius 2 is 1.16 bits per heavy atom. The lowest BCUT2D eigenvalue weighted by atomic mass is 10.00. The van der Waals surface area contributed by atoms with Gasteiger partial charge in [0.2, 0.25) is 0 Å². The van der Waals surface area contributed by atoms with Gasteiger partial charge in [-0.25, -0.2) is 4.99 Å². The molecule has 2 atom stereocenters. The summed E-state index contributed by atoms with van der Waals surface area (Å²) < 4.78 is 9.00. The normalized spacial score (nSPS) is 16.2. The van der Waals surface area contributed by atoms with Gasteiger partial charge in [-0.2, -0.15) is 0 Å². The van der Waals surface area contributed by atoms with Crippen molar-refractivity contribution in [2.45, 2.75) is 12.3 Å². The minimum absolute atomic E-state index is 0.122. The molecule has 9 aromatic rings. The Hall–Kier alpha value is -6.43. The molecule has 2 unspecified atom stereocenters. The third kappa shape index (κ3) is 4.71. The Morgan fingerprint density at radius 1 is 0.520 bits per heavy atom. The number of rotatable bonds is 5. The lowest BCUT2D eigenvalue weighted by Gasteiger charge is -2.32. The zero-order valence-electron chi connectivity index (χ0n) is 27.1. The maximum absolute atomic E-state index is 6.65. The van der Waals surface area contributed by atoms with E-state index in [1.807, 2.05) is 12.1 Å². The van der Waals surface area contributed by atoms with Crippen molar-refractivity contribution in [3.05, 3.63) is 187 Å². The zero-order chi connectivity index (χ0) is 33.0. The average Bonchev–Trinajstić information content (AvgIpc) is 3.74. The number of aliphatic imine (C=N–C) groups is 1. The van der Waals surface area contributed by atoms with Crippen LogP contribution in [0.5, 0.6) is 0 Å². The smallest absolute Gasteiger partial charge is 0.146 e. The number of furan rings is 1. The summed E-state index contributed by atoms with van der Waals surface area (Å²) in [7, 11) is 0. The zero-order valence-corrected chi connectivity index (χ0v) is 27.1. The average molecular weight is 645 g/mol. The molecule has 50 heavy (non-hydrogen) atoms. The van der Waals surface area contributed by atoms with E-state index in [1.165, 1.54) is 27.4 Å². The Morgan fingerprint density at radius 3 is 1.96 bits per heavy atom. The van der Waals surface area contributed by atoms with Crippen molar-refractivity contribution >= 4 is 49.6 Å². The van der Waals surface area contributed by atoms with Crippen molar-refractivity contribution in [3.63, 3.8) is 0 Å². The van der Waals surface area contributed by atoms with E-state index in [4.69, 9.17) is 9.41 Å². The molecule has 0 fully saturated rings. The van der Waals surface area contributed by atoms with Crippen molar-refractivity contribution in [2.75, 3.05) is 0 Å². The highest BCUT2D eigenvalue weighted by atomic mass is 16.3. The van der Waals surface area contributed by atoms with Crippen LogP contribution >= 0.6 is 0 Å². The second-order valence-electron chi connectivity index (χ2n) is 12.9. The van der Waals surface area contributed by atoms with E-state index < -0.39 is 0 Å². The quantitative estimate of drug-likeness (QED) is 0.196. The number of amidine groups is 1. The largest absolute Gasteiger partial charge is 0.455 e. The molecule has 1 aliphatic heterocycles. The van der Waals surface area contributed by atoms with Crippen molar-refractivity contribution in [1.82, 2.24) is 15.2 Å². The molecule has 3 heterocycles. The van der Waals surface area contributed by atoms with Gasteiger partial charge in [0, 0.05) is 27.2 Å². The third-order valence-electron chi connectivity index (χ3n) is 9.88. The van der Waals surface area contributed by atoms with Crippen LogP contribution in [0.2, 0.25) is 0 Å². The number of nitrogens with one attached hydrogen (secondary N) is 2. The Bertz CT molecular complexity index is 2710. The Kier molecular flexibility index (Phi) is 6.64. The fourth-order valence-electron chi connectivity index (χ4n) is 7.49. The molecule has 0 spiro atoms. The van der Waals surface area contributed by atoms with E-state index in [0.29, 0.717) is 0 Å². The van der Waals surface area contributed by atoms with Gasteiger partial charge < -0.3 is 14.3 Å². The molecule has 0 saturated carbocycles. The monoisotopic (exact) mass is 644 g/mol. The van der Waals surface area contributed by atoms with Crippen molar-refractivity contribution in [3.8, 4) is 16.8 Å². The Balaban J connectivity index is 1.09. The van der Waals surface area contributed by atoms with Crippen LogP contribution in [0, 0.1) is 0 Å². The maximum Gasteiger partial charge on any atom is 0.146 e. The fraction of sp³-hybridized carbons (Fsp3) is 0.0444. The van der Waals surface area contributed by atoms with Crippen LogP contribution in [0.15, 0.2) is 179 Å². The molecule has 2 aromatic heterocycles. The summed E-state index contributed by atoms with van der Waals surface area (Å²) in [4.78, 5) is 5.19. The molecule has 0 radical (unpaired) electrons. The SMILES string of the molecule is c1ccc(C2N=C(c3cccc4c3oc3ccc(-c5ccc6c(c5)c5ccccc5n6-c5ccccc5)cc34)NC(c3ccccc3)N2)cc1.